The van der Waals surface area contributed by atoms with Gasteiger partial charge in [0.1, 0.15) is 5.75 Å². The van der Waals surface area contributed by atoms with Gasteiger partial charge in [-0.05, 0) is 28.4 Å². The Morgan fingerprint density at radius 1 is 1.00 bits per heavy atom. The minimum Gasteiger partial charge on any atom is -0.492 e. The first-order valence-electron chi connectivity index (χ1n) is 7.25. The normalized spacial score (nSPS) is 10.7. The first kappa shape index (κ1) is 17.0. The highest BCUT2D eigenvalue weighted by atomic mass is 79.9. The van der Waals surface area contributed by atoms with Crippen LogP contribution in [0.5, 0.6) is 5.75 Å². The first-order valence-corrected chi connectivity index (χ1v) is 9.17. The van der Waals surface area contributed by atoms with E-state index < -0.39 is 0 Å². The molecule has 1 aromatic rings. The lowest BCUT2D eigenvalue weighted by molar-refractivity contribution is 0.300. The van der Waals surface area contributed by atoms with Crippen LogP contribution in [0.3, 0.4) is 0 Å². The van der Waals surface area contributed by atoms with Crippen LogP contribution < -0.4 is 4.74 Å². The van der Waals surface area contributed by atoms with Crippen molar-refractivity contribution in [2.24, 2.45) is 0 Å². The third-order valence-corrected chi connectivity index (χ3v) is 4.42. The van der Waals surface area contributed by atoms with Crippen molar-refractivity contribution in [2.75, 3.05) is 6.61 Å². The molecule has 1 nitrogen and oxygen atoms in total. The van der Waals surface area contributed by atoms with Crippen LogP contribution in [0.1, 0.15) is 57.4 Å². The van der Waals surface area contributed by atoms with Crippen molar-refractivity contribution < 1.29 is 4.74 Å². The molecular formula is C16H24Br2O. The lowest BCUT2D eigenvalue weighted by Gasteiger charge is -2.11. The number of ether oxygens (including phenoxy) is 1. The molecule has 1 aromatic carbocycles. The molecule has 0 bridgehead atoms. The van der Waals surface area contributed by atoms with Crippen LogP contribution >= 0.6 is 31.9 Å². The zero-order valence-corrected chi connectivity index (χ0v) is 14.9. The van der Waals surface area contributed by atoms with Crippen LogP contribution in [0.4, 0.5) is 0 Å². The fourth-order valence-corrected chi connectivity index (χ4v) is 3.02. The van der Waals surface area contributed by atoms with Gasteiger partial charge in [0.25, 0.3) is 0 Å². The van der Waals surface area contributed by atoms with E-state index in [2.05, 4.69) is 44.8 Å². The fourth-order valence-electron chi connectivity index (χ4n) is 2.05. The lowest BCUT2D eigenvalue weighted by atomic mass is 10.1. The lowest BCUT2D eigenvalue weighted by Crippen LogP contribution is -2.00. The number of unbranched alkanes of at least 4 members (excludes halogenated alkanes) is 6. The molecule has 0 aliphatic heterocycles. The van der Waals surface area contributed by atoms with E-state index in [4.69, 9.17) is 4.74 Å². The molecule has 0 N–H and O–H groups in total. The predicted octanol–water partition coefficient (Wildman–Crippen LogP) is 6.47. The smallest absolute Gasteiger partial charge is 0.137 e. The molecule has 1 rings (SSSR count). The van der Waals surface area contributed by atoms with Crippen LogP contribution in [0.2, 0.25) is 0 Å². The zero-order chi connectivity index (χ0) is 13.9. The number of alkyl halides is 1. The summed E-state index contributed by atoms with van der Waals surface area (Å²) in [7, 11) is 0. The van der Waals surface area contributed by atoms with E-state index in [1.165, 1.54) is 44.1 Å². The van der Waals surface area contributed by atoms with Crippen LogP contribution in [-0.2, 0) is 5.33 Å². The second kappa shape index (κ2) is 10.7. The average molecular weight is 392 g/mol. The standard InChI is InChI=1S/C16H24Br2O/c1-2-3-4-5-6-7-8-12-19-16-14(13-17)10-9-11-15(16)18/h9-11H,2-8,12-13H2,1H3. The largest absolute Gasteiger partial charge is 0.492 e. The van der Waals surface area contributed by atoms with Gasteiger partial charge in [0.05, 0.1) is 11.1 Å². The number of halogens is 2. The molecule has 0 unspecified atom stereocenters. The van der Waals surface area contributed by atoms with Crippen molar-refractivity contribution in [3.05, 3.63) is 28.2 Å². The molecule has 0 heterocycles. The maximum Gasteiger partial charge on any atom is 0.137 e. The number of benzene rings is 1. The van der Waals surface area contributed by atoms with E-state index in [1.54, 1.807) is 0 Å². The zero-order valence-electron chi connectivity index (χ0n) is 11.8. The maximum atomic E-state index is 5.91. The summed E-state index contributed by atoms with van der Waals surface area (Å²) in [6.07, 6.45) is 9.21. The molecule has 0 radical (unpaired) electrons. The number of hydrogen-bond acceptors (Lipinski definition) is 1. The van der Waals surface area contributed by atoms with Crippen LogP contribution in [0, 0.1) is 0 Å². The molecular weight excluding hydrogens is 368 g/mol. The summed E-state index contributed by atoms with van der Waals surface area (Å²) in [5, 5.41) is 0.832. The predicted molar refractivity (Wildman–Crippen MR) is 90.3 cm³/mol. The maximum absolute atomic E-state index is 5.91. The third kappa shape index (κ3) is 6.80. The Morgan fingerprint density at radius 2 is 1.68 bits per heavy atom. The summed E-state index contributed by atoms with van der Waals surface area (Å²) in [5.74, 6) is 0.991. The second-order valence-electron chi connectivity index (χ2n) is 4.83. The van der Waals surface area contributed by atoms with Crippen LogP contribution in [-0.4, -0.2) is 6.61 Å². The third-order valence-electron chi connectivity index (χ3n) is 3.19. The Kier molecular flexibility index (Phi) is 9.62. The van der Waals surface area contributed by atoms with Gasteiger partial charge < -0.3 is 4.74 Å². The molecule has 0 saturated heterocycles. The molecule has 0 aliphatic rings. The van der Waals surface area contributed by atoms with Gasteiger partial charge in [-0.2, -0.15) is 0 Å². The molecule has 0 atom stereocenters. The molecule has 0 aromatic heterocycles. The summed E-state index contributed by atoms with van der Waals surface area (Å²) in [6, 6.07) is 6.17. The van der Waals surface area contributed by atoms with E-state index in [0.29, 0.717) is 0 Å². The van der Waals surface area contributed by atoms with Crippen LogP contribution in [0.15, 0.2) is 22.7 Å². The van der Waals surface area contributed by atoms with Crippen molar-refractivity contribution in [1.82, 2.24) is 0 Å². The molecule has 19 heavy (non-hydrogen) atoms. The Bertz CT molecular complexity index is 353. The highest BCUT2D eigenvalue weighted by Crippen LogP contribution is 2.30. The van der Waals surface area contributed by atoms with Crippen molar-refractivity contribution in [2.45, 2.75) is 57.2 Å². The minimum absolute atomic E-state index is 0.816. The fraction of sp³-hybridized carbons (Fsp3) is 0.625. The van der Waals surface area contributed by atoms with E-state index in [0.717, 1.165) is 28.6 Å². The highest BCUT2D eigenvalue weighted by molar-refractivity contribution is 9.10. The van der Waals surface area contributed by atoms with Gasteiger partial charge in [0, 0.05) is 10.9 Å². The molecule has 0 spiro atoms. The molecule has 3 heteroatoms. The van der Waals surface area contributed by atoms with E-state index in [9.17, 15) is 0 Å². The molecule has 0 fully saturated rings. The van der Waals surface area contributed by atoms with Gasteiger partial charge in [-0.1, -0.05) is 73.5 Å². The number of para-hydroxylation sites is 1. The molecule has 0 aliphatic carbocycles. The van der Waals surface area contributed by atoms with E-state index in [-0.39, 0.29) is 0 Å². The molecule has 0 amide bonds. The van der Waals surface area contributed by atoms with Gasteiger partial charge in [0.15, 0.2) is 0 Å². The molecule has 108 valence electrons. The Labute approximate surface area is 134 Å². The highest BCUT2D eigenvalue weighted by Gasteiger charge is 2.06. The number of rotatable bonds is 10. The Balaban J connectivity index is 2.19. The second-order valence-corrected chi connectivity index (χ2v) is 6.25. The topological polar surface area (TPSA) is 9.23 Å². The van der Waals surface area contributed by atoms with Gasteiger partial charge in [-0.25, -0.2) is 0 Å². The van der Waals surface area contributed by atoms with E-state index >= 15 is 0 Å². The number of hydrogen-bond donors (Lipinski definition) is 0. The SMILES string of the molecule is CCCCCCCCCOc1c(Br)cccc1CBr. The van der Waals surface area contributed by atoms with Crippen molar-refractivity contribution in [3.8, 4) is 5.75 Å². The first-order chi connectivity index (χ1) is 9.29. The summed E-state index contributed by atoms with van der Waals surface area (Å²) < 4.78 is 6.96. The Morgan fingerprint density at radius 3 is 2.37 bits per heavy atom. The Hall–Kier alpha value is -0.0200. The molecule has 0 saturated carbocycles. The van der Waals surface area contributed by atoms with E-state index in [1.807, 2.05) is 12.1 Å². The van der Waals surface area contributed by atoms with Crippen molar-refractivity contribution in [3.63, 3.8) is 0 Å². The minimum atomic E-state index is 0.816. The van der Waals surface area contributed by atoms with Gasteiger partial charge in [-0.15, -0.1) is 0 Å². The summed E-state index contributed by atoms with van der Waals surface area (Å²) in [6.45, 7) is 3.07. The average Bonchev–Trinajstić information content (AvgIpc) is 2.43. The summed E-state index contributed by atoms with van der Waals surface area (Å²) in [5.41, 5.74) is 1.21. The van der Waals surface area contributed by atoms with Gasteiger partial charge >= 0.3 is 0 Å². The quantitative estimate of drug-likeness (QED) is 0.327. The summed E-state index contributed by atoms with van der Waals surface area (Å²) >= 11 is 7.05. The monoisotopic (exact) mass is 390 g/mol. The summed E-state index contributed by atoms with van der Waals surface area (Å²) in [4.78, 5) is 0. The van der Waals surface area contributed by atoms with Crippen LogP contribution in [0.25, 0.3) is 0 Å². The van der Waals surface area contributed by atoms with Gasteiger partial charge in [0.2, 0.25) is 0 Å². The van der Waals surface area contributed by atoms with Crippen molar-refractivity contribution in [1.29, 1.82) is 0 Å². The van der Waals surface area contributed by atoms with Crippen molar-refractivity contribution >= 4 is 31.9 Å². The van der Waals surface area contributed by atoms with Gasteiger partial charge in [-0.3, -0.25) is 0 Å².